The summed E-state index contributed by atoms with van der Waals surface area (Å²) in [7, 11) is 0. The van der Waals surface area contributed by atoms with E-state index in [1.165, 1.54) is 38.5 Å². The van der Waals surface area contributed by atoms with E-state index in [1.807, 2.05) is 6.08 Å². The van der Waals surface area contributed by atoms with E-state index in [2.05, 4.69) is 18.8 Å². The van der Waals surface area contributed by atoms with Gasteiger partial charge < -0.3 is 5.32 Å². The third-order valence-corrected chi connectivity index (χ3v) is 3.09. The molecule has 76 valence electrons. The summed E-state index contributed by atoms with van der Waals surface area (Å²) in [5.41, 5.74) is 0. The average molecular weight is 181 g/mol. The lowest BCUT2D eigenvalue weighted by atomic mass is 9.83. The molecule has 1 N–H and O–H groups in total. The van der Waals surface area contributed by atoms with Gasteiger partial charge in [0.25, 0.3) is 0 Å². The zero-order chi connectivity index (χ0) is 9.52. The van der Waals surface area contributed by atoms with Gasteiger partial charge in [-0.1, -0.05) is 25.8 Å². The monoisotopic (exact) mass is 181 g/mol. The van der Waals surface area contributed by atoms with Crippen LogP contribution >= 0.6 is 0 Å². The van der Waals surface area contributed by atoms with E-state index in [0.29, 0.717) is 0 Å². The Balaban J connectivity index is 2.11. The van der Waals surface area contributed by atoms with Gasteiger partial charge in [0, 0.05) is 12.6 Å². The largest absolute Gasteiger partial charge is 0.311 e. The third kappa shape index (κ3) is 3.95. The van der Waals surface area contributed by atoms with Crippen LogP contribution in [0, 0.1) is 5.92 Å². The molecule has 0 unspecified atom stereocenters. The maximum absolute atomic E-state index is 3.73. The normalized spacial score (nSPS) is 28.7. The van der Waals surface area contributed by atoms with Crippen molar-refractivity contribution in [1.82, 2.24) is 5.32 Å². The molecule has 0 aromatic heterocycles. The first-order valence-electron chi connectivity index (χ1n) is 5.71. The Hall–Kier alpha value is -0.300. The van der Waals surface area contributed by atoms with Crippen molar-refractivity contribution in [1.29, 1.82) is 0 Å². The molecule has 1 heteroatoms. The zero-order valence-corrected chi connectivity index (χ0v) is 8.89. The number of hydrogen-bond acceptors (Lipinski definition) is 1. The van der Waals surface area contributed by atoms with Crippen LogP contribution in [0.1, 0.15) is 45.4 Å². The van der Waals surface area contributed by atoms with Crippen molar-refractivity contribution in [3.8, 4) is 0 Å². The van der Waals surface area contributed by atoms with Gasteiger partial charge in [-0.25, -0.2) is 0 Å². The molecule has 1 rings (SSSR count). The van der Waals surface area contributed by atoms with Crippen LogP contribution in [0.4, 0.5) is 0 Å². The van der Waals surface area contributed by atoms with Gasteiger partial charge in [0.05, 0.1) is 0 Å². The Morgan fingerprint density at radius 3 is 2.54 bits per heavy atom. The maximum Gasteiger partial charge on any atom is 0.0134 e. The van der Waals surface area contributed by atoms with E-state index >= 15 is 0 Å². The first-order valence-corrected chi connectivity index (χ1v) is 5.71. The molecule has 0 atom stereocenters. The Morgan fingerprint density at radius 2 is 2.00 bits per heavy atom. The summed E-state index contributed by atoms with van der Waals surface area (Å²) in [6.45, 7) is 7.00. The van der Waals surface area contributed by atoms with Crippen LogP contribution in [0.3, 0.4) is 0 Å². The Labute approximate surface area is 82.6 Å². The molecule has 1 aliphatic carbocycles. The molecule has 0 aliphatic heterocycles. The second-order valence-electron chi connectivity index (χ2n) is 4.20. The summed E-state index contributed by atoms with van der Waals surface area (Å²) >= 11 is 0. The molecule has 13 heavy (non-hydrogen) atoms. The van der Waals surface area contributed by atoms with Crippen LogP contribution in [0.5, 0.6) is 0 Å². The number of hydrogen-bond donors (Lipinski definition) is 1. The number of nitrogens with one attached hydrogen (secondary N) is 1. The summed E-state index contributed by atoms with van der Waals surface area (Å²) in [5, 5.41) is 3.52. The molecular formula is C12H23N. The molecule has 0 heterocycles. The van der Waals surface area contributed by atoms with E-state index in [4.69, 9.17) is 0 Å². The molecular weight excluding hydrogens is 158 g/mol. The fraction of sp³-hybridized carbons (Fsp3) is 0.833. The lowest BCUT2D eigenvalue weighted by Crippen LogP contribution is -2.33. The first-order chi connectivity index (χ1) is 6.36. The summed E-state index contributed by atoms with van der Waals surface area (Å²) < 4.78 is 0. The minimum absolute atomic E-state index is 0.770. The lowest BCUT2D eigenvalue weighted by Gasteiger charge is -2.28. The van der Waals surface area contributed by atoms with Gasteiger partial charge >= 0.3 is 0 Å². The van der Waals surface area contributed by atoms with Crippen LogP contribution in [0.2, 0.25) is 0 Å². The minimum atomic E-state index is 0.770. The van der Waals surface area contributed by atoms with E-state index in [0.717, 1.165) is 18.5 Å². The van der Waals surface area contributed by atoms with E-state index < -0.39 is 0 Å². The van der Waals surface area contributed by atoms with Crippen molar-refractivity contribution < 1.29 is 0 Å². The van der Waals surface area contributed by atoms with Crippen molar-refractivity contribution in [3.05, 3.63) is 12.7 Å². The van der Waals surface area contributed by atoms with E-state index in [9.17, 15) is 0 Å². The standard InChI is InChI=1S/C12H23N/c1-3-5-11-6-8-12(9-7-11)13-10-4-2/h4,11-13H,2-3,5-10H2,1H3. The molecule has 1 saturated carbocycles. The first kappa shape index (κ1) is 10.8. The predicted octanol–water partition coefficient (Wildman–Crippen LogP) is 3.12. The van der Waals surface area contributed by atoms with Crippen LogP contribution in [-0.2, 0) is 0 Å². The minimum Gasteiger partial charge on any atom is -0.311 e. The quantitative estimate of drug-likeness (QED) is 0.643. The third-order valence-electron chi connectivity index (χ3n) is 3.09. The summed E-state index contributed by atoms with van der Waals surface area (Å²) in [4.78, 5) is 0. The van der Waals surface area contributed by atoms with Gasteiger partial charge in [-0.3, -0.25) is 0 Å². The van der Waals surface area contributed by atoms with E-state index in [-0.39, 0.29) is 0 Å². The molecule has 0 amide bonds. The van der Waals surface area contributed by atoms with Crippen LogP contribution in [-0.4, -0.2) is 12.6 Å². The van der Waals surface area contributed by atoms with Gasteiger partial charge in [-0.2, -0.15) is 0 Å². The van der Waals surface area contributed by atoms with Gasteiger partial charge in [-0.05, 0) is 31.6 Å². The van der Waals surface area contributed by atoms with Gasteiger partial charge in [0.15, 0.2) is 0 Å². The molecule has 0 bridgehead atoms. The van der Waals surface area contributed by atoms with Crippen LogP contribution in [0.25, 0.3) is 0 Å². The second kappa shape index (κ2) is 6.20. The molecule has 1 aliphatic rings. The topological polar surface area (TPSA) is 12.0 Å². The zero-order valence-electron chi connectivity index (χ0n) is 8.89. The smallest absolute Gasteiger partial charge is 0.0134 e. The molecule has 1 nitrogen and oxygen atoms in total. The van der Waals surface area contributed by atoms with Gasteiger partial charge in [-0.15, -0.1) is 6.58 Å². The fourth-order valence-electron chi connectivity index (χ4n) is 2.31. The van der Waals surface area contributed by atoms with Crippen molar-refractivity contribution in [2.75, 3.05) is 6.54 Å². The average Bonchev–Trinajstić information content (AvgIpc) is 2.17. The molecule has 0 aromatic carbocycles. The van der Waals surface area contributed by atoms with Crippen LogP contribution < -0.4 is 5.32 Å². The lowest BCUT2D eigenvalue weighted by molar-refractivity contribution is 0.283. The van der Waals surface area contributed by atoms with Gasteiger partial charge in [0.2, 0.25) is 0 Å². The SMILES string of the molecule is C=CCNC1CCC(CCC)CC1. The van der Waals surface area contributed by atoms with Crippen LogP contribution in [0.15, 0.2) is 12.7 Å². The molecule has 0 spiro atoms. The Kier molecular flexibility index (Phi) is 5.14. The summed E-state index contributed by atoms with van der Waals surface area (Å²) in [6, 6.07) is 0.770. The highest BCUT2D eigenvalue weighted by Gasteiger charge is 2.19. The van der Waals surface area contributed by atoms with E-state index in [1.54, 1.807) is 0 Å². The van der Waals surface area contributed by atoms with Gasteiger partial charge in [0.1, 0.15) is 0 Å². The van der Waals surface area contributed by atoms with Crippen molar-refractivity contribution >= 4 is 0 Å². The van der Waals surface area contributed by atoms with Crippen molar-refractivity contribution in [3.63, 3.8) is 0 Å². The van der Waals surface area contributed by atoms with Crippen molar-refractivity contribution in [2.45, 2.75) is 51.5 Å². The highest BCUT2D eigenvalue weighted by atomic mass is 14.9. The fourth-order valence-corrected chi connectivity index (χ4v) is 2.31. The highest BCUT2D eigenvalue weighted by Crippen LogP contribution is 2.27. The second-order valence-corrected chi connectivity index (χ2v) is 4.20. The highest BCUT2D eigenvalue weighted by molar-refractivity contribution is 4.80. The molecule has 0 aromatic rings. The summed E-state index contributed by atoms with van der Waals surface area (Å²) in [5.74, 6) is 1.02. The predicted molar refractivity (Wildman–Crippen MR) is 58.9 cm³/mol. The molecule has 0 saturated heterocycles. The van der Waals surface area contributed by atoms with Crippen molar-refractivity contribution in [2.24, 2.45) is 5.92 Å². The number of rotatable bonds is 5. The maximum atomic E-state index is 3.73. The Morgan fingerprint density at radius 1 is 1.31 bits per heavy atom. The summed E-state index contributed by atoms with van der Waals surface area (Å²) in [6.07, 6.45) is 10.4. The Bertz CT molecular complexity index is 134. The molecule has 0 radical (unpaired) electrons. The molecule has 1 fully saturated rings.